The second-order valence-corrected chi connectivity index (χ2v) is 5.06. The summed E-state index contributed by atoms with van der Waals surface area (Å²) >= 11 is 6.15. The summed E-state index contributed by atoms with van der Waals surface area (Å²) in [6.07, 6.45) is 2.95. The third kappa shape index (κ3) is 3.62. The van der Waals surface area contributed by atoms with Crippen molar-refractivity contribution in [3.8, 4) is 5.69 Å². The van der Waals surface area contributed by atoms with E-state index in [1.54, 1.807) is 12.1 Å². The zero-order valence-electron chi connectivity index (χ0n) is 11.8. The molecule has 1 unspecified atom stereocenters. The van der Waals surface area contributed by atoms with Crippen LogP contribution in [-0.2, 0) is 0 Å². The summed E-state index contributed by atoms with van der Waals surface area (Å²) in [6, 6.07) is 9.17. The van der Waals surface area contributed by atoms with Crippen molar-refractivity contribution in [3.05, 3.63) is 51.9 Å². The molecular weight excluding hydrogens is 290 g/mol. The highest BCUT2D eigenvalue weighted by molar-refractivity contribution is 6.32. The fraction of sp³-hybridized carbons (Fsp3) is 0.333. The highest BCUT2D eigenvalue weighted by Gasteiger charge is 2.13. The van der Waals surface area contributed by atoms with Crippen LogP contribution >= 0.6 is 11.6 Å². The lowest BCUT2D eigenvalue weighted by Crippen LogP contribution is -2.26. The highest BCUT2D eigenvalue weighted by atomic mass is 35.5. The number of rotatable bonds is 6. The molecular formula is C15H18ClN3O2. The summed E-state index contributed by atoms with van der Waals surface area (Å²) in [5.74, 6) is 0. The number of hydrogen-bond acceptors (Lipinski definition) is 4. The number of aliphatic hydroxyl groups is 1. The third-order valence-electron chi connectivity index (χ3n) is 3.25. The van der Waals surface area contributed by atoms with E-state index in [1.165, 1.54) is 10.9 Å². The first kappa shape index (κ1) is 15.5. The number of aliphatic hydroxyl groups excluding tert-OH is 1. The maximum Gasteiger partial charge on any atom is 0.292 e. The van der Waals surface area contributed by atoms with Gasteiger partial charge in [-0.3, -0.25) is 4.79 Å². The van der Waals surface area contributed by atoms with Gasteiger partial charge in [-0.2, -0.15) is 9.78 Å². The predicted octanol–water partition coefficient (Wildman–Crippen LogP) is 2.46. The molecule has 21 heavy (non-hydrogen) atoms. The summed E-state index contributed by atoms with van der Waals surface area (Å²) in [5.41, 5.74) is 0.791. The van der Waals surface area contributed by atoms with Crippen LogP contribution in [-0.4, -0.2) is 27.5 Å². The molecule has 2 rings (SSSR count). The summed E-state index contributed by atoms with van der Waals surface area (Å²) < 4.78 is 1.26. The number of benzene rings is 1. The maximum absolute atomic E-state index is 12.3. The van der Waals surface area contributed by atoms with Crippen molar-refractivity contribution in [2.24, 2.45) is 0 Å². The van der Waals surface area contributed by atoms with Crippen molar-refractivity contribution in [1.29, 1.82) is 0 Å². The van der Waals surface area contributed by atoms with E-state index in [2.05, 4.69) is 10.4 Å². The molecule has 0 aliphatic carbocycles. The zero-order valence-corrected chi connectivity index (χ0v) is 12.5. The molecule has 0 aliphatic rings. The van der Waals surface area contributed by atoms with Gasteiger partial charge >= 0.3 is 0 Å². The number of para-hydroxylation sites is 1. The Labute approximate surface area is 128 Å². The Balaban J connectivity index is 2.32. The quantitative estimate of drug-likeness (QED) is 0.860. The van der Waals surface area contributed by atoms with Crippen molar-refractivity contribution in [2.45, 2.75) is 25.8 Å². The van der Waals surface area contributed by atoms with Crippen LogP contribution in [0.5, 0.6) is 0 Å². The predicted molar refractivity (Wildman–Crippen MR) is 84.2 cm³/mol. The minimum absolute atomic E-state index is 0.0567. The van der Waals surface area contributed by atoms with Crippen molar-refractivity contribution >= 4 is 17.3 Å². The molecule has 0 amide bonds. The minimum atomic E-state index is -0.369. The van der Waals surface area contributed by atoms with Crippen molar-refractivity contribution in [1.82, 2.24) is 9.78 Å². The fourth-order valence-electron chi connectivity index (χ4n) is 2.04. The summed E-state index contributed by atoms with van der Waals surface area (Å²) in [4.78, 5) is 12.3. The second-order valence-electron chi connectivity index (χ2n) is 4.69. The van der Waals surface area contributed by atoms with Gasteiger partial charge in [0.25, 0.3) is 5.56 Å². The van der Waals surface area contributed by atoms with Gasteiger partial charge in [0, 0.05) is 12.6 Å². The molecule has 1 atom stereocenters. The molecule has 5 nitrogen and oxygen atoms in total. The molecule has 1 heterocycles. The molecule has 1 aromatic carbocycles. The normalized spacial score (nSPS) is 12.1. The lowest BCUT2D eigenvalue weighted by atomic mass is 10.1. The first-order valence-electron chi connectivity index (χ1n) is 6.88. The molecule has 0 spiro atoms. The molecule has 112 valence electrons. The number of anilines is 1. The highest BCUT2D eigenvalue weighted by Crippen LogP contribution is 2.19. The molecule has 0 saturated carbocycles. The van der Waals surface area contributed by atoms with Crippen molar-refractivity contribution in [2.75, 3.05) is 11.9 Å². The van der Waals surface area contributed by atoms with Crippen LogP contribution in [0.25, 0.3) is 5.69 Å². The standard InChI is InChI=1S/C15H18ClN3O2/c1-2-11(8-9-20)18-13-10-17-19(15(21)14(13)16)12-6-4-3-5-7-12/h3-7,10-11,18,20H,2,8-9H2,1H3. The van der Waals surface area contributed by atoms with Gasteiger partial charge in [-0.1, -0.05) is 36.7 Å². The van der Waals surface area contributed by atoms with Crippen LogP contribution in [0.2, 0.25) is 5.02 Å². The van der Waals surface area contributed by atoms with Crippen LogP contribution in [0.15, 0.2) is 41.3 Å². The van der Waals surface area contributed by atoms with Gasteiger partial charge in [-0.15, -0.1) is 0 Å². The number of nitrogens with one attached hydrogen (secondary N) is 1. The second kappa shape index (κ2) is 7.24. The monoisotopic (exact) mass is 307 g/mol. The third-order valence-corrected chi connectivity index (χ3v) is 3.61. The molecule has 0 bridgehead atoms. The van der Waals surface area contributed by atoms with Crippen LogP contribution in [0.3, 0.4) is 0 Å². The van der Waals surface area contributed by atoms with Gasteiger partial charge in [0.1, 0.15) is 5.02 Å². The van der Waals surface area contributed by atoms with Crippen LogP contribution in [0.4, 0.5) is 5.69 Å². The van der Waals surface area contributed by atoms with Crippen LogP contribution in [0.1, 0.15) is 19.8 Å². The number of aromatic nitrogens is 2. The van der Waals surface area contributed by atoms with Gasteiger partial charge in [-0.05, 0) is 25.0 Å². The number of hydrogen-bond donors (Lipinski definition) is 2. The van der Waals surface area contributed by atoms with E-state index in [-0.39, 0.29) is 23.2 Å². The molecule has 1 aromatic heterocycles. The smallest absolute Gasteiger partial charge is 0.292 e. The Bertz CT molecular complexity index is 643. The van der Waals surface area contributed by atoms with Gasteiger partial charge < -0.3 is 10.4 Å². The topological polar surface area (TPSA) is 67.2 Å². The van der Waals surface area contributed by atoms with Crippen LogP contribution in [0, 0.1) is 0 Å². The minimum Gasteiger partial charge on any atom is -0.396 e. The van der Waals surface area contributed by atoms with E-state index >= 15 is 0 Å². The average molecular weight is 308 g/mol. The molecule has 2 N–H and O–H groups in total. The Morgan fingerprint density at radius 1 is 1.38 bits per heavy atom. The van der Waals surface area contributed by atoms with Gasteiger partial charge in [0.2, 0.25) is 0 Å². The molecule has 2 aromatic rings. The van der Waals surface area contributed by atoms with Gasteiger partial charge in [0.05, 0.1) is 17.6 Å². The lowest BCUT2D eigenvalue weighted by Gasteiger charge is -2.18. The van der Waals surface area contributed by atoms with E-state index in [4.69, 9.17) is 16.7 Å². The Morgan fingerprint density at radius 3 is 2.71 bits per heavy atom. The van der Waals surface area contributed by atoms with E-state index in [0.29, 0.717) is 17.8 Å². The molecule has 0 radical (unpaired) electrons. The lowest BCUT2D eigenvalue weighted by molar-refractivity contribution is 0.278. The first-order chi connectivity index (χ1) is 10.2. The summed E-state index contributed by atoms with van der Waals surface area (Å²) in [5, 5.41) is 16.4. The Kier molecular flexibility index (Phi) is 5.36. The van der Waals surface area contributed by atoms with E-state index in [0.717, 1.165) is 6.42 Å². The van der Waals surface area contributed by atoms with E-state index in [1.807, 2.05) is 25.1 Å². The van der Waals surface area contributed by atoms with Crippen molar-refractivity contribution in [3.63, 3.8) is 0 Å². The summed E-state index contributed by atoms with van der Waals surface area (Å²) in [6.45, 7) is 2.08. The Morgan fingerprint density at radius 2 is 2.10 bits per heavy atom. The van der Waals surface area contributed by atoms with Gasteiger partial charge in [0.15, 0.2) is 0 Å². The maximum atomic E-state index is 12.3. The SMILES string of the molecule is CCC(CCO)Nc1cnn(-c2ccccc2)c(=O)c1Cl. The largest absolute Gasteiger partial charge is 0.396 e. The fourth-order valence-corrected chi connectivity index (χ4v) is 2.22. The molecule has 0 saturated heterocycles. The van der Waals surface area contributed by atoms with Crippen molar-refractivity contribution < 1.29 is 5.11 Å². The number of halogens is 1. The van der Waals surface area contributed by atoms with E-state index in [9.17, 15) is 4.79 Å². The van der Waals surface area contributed by atoms with Crippen LogP contribution < -0.4 is 10.9 Å². The Hall–Kier alpha value is -1.85. The van der Waals surface area contributed by atoms with E-state index < -0.39 is 0 Å². The first-order valence-corrected chi connectivity index (χ1v) is 7.25. The molecule has 0 aliphatic heterocycles. The summed E-state index contributed by atoms with van der Waals surface area (Å²) in [7, 11) is 0. The molecule has 0 fully saturated rings. The average Bonchev–Trinajstić information content (AvgIpc) is 2.52. The number of nitrogens with zero attached hydrogens (tertiary/aromatic N) is 2. The molecule has 6 heteroatoms. The zero-order chi connectivity index (χ0) is 15.2. The van der Waals surface area contributed by atoms with Gasteiger partial charge in [-0.25, -0.2) is 0 Å².